The summed E-state index contributed by atoms with van der Waals surface area (Å²) in [6.07, 6.45) is 0.0481. The number of hydrogen-bond acceptors (Lipinski definition) is 13. The van der Waals surface area contributed by atoms with Gasteiger partial charge in [-0.3, -0.25) is 0 Å². The highest BCUT2D eigenvalue weighted by Crippen LogP contribution is 2.32. The van der Waals surface area contributed by atoms with Crippen LogP contribution >= 0.6 is 0 Å². The van der Waals surface area contributed by atoms with Crippen LogP contribution in [0.4, 0.5) is 0 Å². The van der Waals surface area contributed by atoms with Crippen molar-refractivity contribution in [2.75, 3.05) is 47.3 Å². The molecular formula is C33H36O13. The van der Waals surface area contributed by atoms with Gasteiger partial charge in [0.25, 0.3) is 0 Å². The highest BCUT2D eigenvalue weighted by molar-refractivity contribution is 6.30. The molecule has 13 nitrogen and oxygen atoms in total. The zero-order chi connectivity index (χ0) is 34.3. The molecule has 0 aliphatic carbocycles. The second-order valence-electron chi connectivity index (χ2n) is 9.97. The zero-order valence-corrected chi connectivity index (χ0v) is 26.1. The summed E-state index contributed by atoms with van der Waals surface area (Å²) < 4.78 is 35.2. The molecule has 246 valence electrons. The molecule has 46 heavy (non-hydrogen) atoms. The number of hydrogen-bond donors (Lipinski definition) is 0. The number of rotatable bonds is 15. The van der Waals surface area contributed by atoms with Gasteiger partial charge in [-0.05, 0) is 49.1 Å². The van der Waals surface area contributed by atoms with Crippen LogP contribution < -0.4 is 4.74 Å². The fourth-order valence-electron chi connectivity index (χ4n) is 3.80. The van der Waals surface area contributed by atoms with E-state index in [-0.39, 0.29) is 37.4 Å². The molecule has 0 N–H and O–H groups in total. The smallest absolute Gasteiger partial charge is 0.417 e. The molecule has 0 aromatic heterocycles. The van der Waals surface area contributed by atoms with E-state index in [9.17, 15) is 28.8 Å². The largest absolute Gasteiger partial charge is 0.461 e. The summed E-state index contributed by atoms with van der Waals surface area (Å²) in [6, 6.07) is 13.6. The van der Waals surface area contributed by atoms with E-state index in [1.165, 1.54) is 6.92 Å². The van der Waals surface area contributed by atoms with Crippen molar-refractivity contribution in [3.63, 3.8) is 0 Å². The van der Waals surface area contributed by atoms with Gasteiger partial charge in [0.15, 0.2) is 0 Å². The third-order valence-electron chi connectivity index (χ3n) is 6.44. The van der Waals surface area contributed by atoms with Crippen LogP contribution in [-0.4, -0.2) is 83.1 Å². The van der Waals surface area contributed by atoms with Gasteiger partial charge >= 0.3 is 35.8 Å². The highest BCUT2D eigenvalue weighted by atomic mass is 16.6. The molecule has 0 saturated carbocycles. The number of carbonyl (C=O) groups excluding carboxylic acids is 6. The molecule has 0 bridgehead atoms. The van der Waals surface area contributed by atoms with Crippen molar-refractivity contribution < 1.29 is 61.9 Å². The summed E-state index contributed by atoms with van der Waals surface area (Å²) >= 11 is 0. The van der Waals surface area contributed by atoms with E-state index >= 15 is 0 Å². The molecule has 2 rings (SSSR count). The van der Waals surface area contributed by atoms with Crippen molar-refractivity contribution >= 4 is 35.8 Å². The minimum Gasteiger partial charge on any atom is -0.461 e. The van der Waals surface area contributed by atoms with Crippen molar-refractivity contribution in [1.82, 2.24) is 0 Å². The highest BCUT2D eigenvalue weighted by Gasteiger charge is 2.37. The van der Waals surface area contributed by atoms with Gasteiger partial charge in [0.1, 0.15) is 25.6 Å². The quantitative estimate of drug-likeness (QED) is 0.0697. The Hall–Kier alpha value is -5.30. The summed E-state index contributed by atoms with van der Waals surface area (Å²) in [5, 5.41) is 0. The van der Waals surface area contributed by atoms with Crippen LogP contribution in [0.1, 0.15) is 25.8 Å². The van der Waals surface area contributed by atoms with Crippen molar-refractivity contribution in [3.05, 3.63) is 78.4 Å². The Kier molecular flexibility index (Phi) is 14.3. The zero-order valence-electron chi connectivity index (χ0n) is 26.1. The second-order valence-corrected chi connectivity index (χ2v) is 9.97. The molecule has 2 aromatic carbocycles. The summed E-state index contributed by atoms with van der Waals surface area (Å²) in [6.45, 7) is 9.08. The van der Waals surface area contributed by atoms with Crippen molar-refractivity contribution in [2.45, 2.75) is 25.7 Å². The van der Waals surface area contributed by atoms with E-state index in [1.54, 1.807) is 55.5 Å². The molecule has 0 saturated heterocycles. The lowest BCUT2D eigenvalue weighted by molar-refractivity contribution is -0.171. The maximum atomic E-state index is 12.2. The first-order valence-electron chi connectivity index (χ1n) is 13.8. The third kappa shape index (κ3) is 11.0. The molecule has 0 spiro atoms. The monoisotopic (exact) mass is 640 g/mol. The summed E-state index contributed by atoms with van der Waals surface area (Å²) in [7, 11) is 2.03. The minimum absolute atomic E-state index is 0.00953. The van der Waals surface area contributed by atoms with Crippen LogP contribution in [0.2, 0.25) is 0 Å². The summed E-state index contributed by atoms with van der Waals surface area (Å²) in [5.74, 6) is -5.86. The maximum absolute atomic E-state index is 12.2. The van der Waals surface area contributed by atoms with Crippen molar-refractivity contribution in [3.8, 4) is 16.9 Å². The lowest BCUT2D eigenvalue weighted by Crippen LogP contribution is -2.41. The van der Waals surface area contributed by atoms with E-state index < -0.39 is 54.4 Å². The predicted molar refractivity (Wildman–Crippen MR) is 161 cm³/mol. The molecule has 0 amide bonds. The average Bonchev–Trinajstić information content (AvgIpc) is 3.06. The number of benzene rings is 2. The van der Waals surface area contributed by atoms with Crippen LogP contribution in [0.5, 0.6) is 5.75 Å². The molecule has 0 aliphatic rings. The number of methoxy groups -OCH3 is 2. The van der Waals surface area contributed by atoms with E-state index in [4.69, 9.17) is 23.7 Å². The average molecular weight is 641 g/mol. The maximum Gasteiger partial charge on any atom is 0.417 e. The molecule has 0 heterocycles. The van der Waals surface area contributed by atoms with Gasteiger partial charge in [-0.15, -0.1) is 0 Å². The molecule has 0 unspecified atom stereocenters. The van der Waals surface area contributed by atoms with Gasteiger partial charge in [-0.1, -0.05) is 49.6 Å². The van der Waals surface area contributed by atoms with Gasteiger partial charge < -0.3 is 33.2 Å². The predicted octanol–water partition coefficient (Wildman–Crippen LogP) is 3.03. The SMILES string of the molecule is C=C(C)C(=O)OCCOCCC(COC(=O)C(=O)OC)(COC(=O)C(=O)OC)c1ccc(-c2ccc(OC(=O)C(=C)C)cc2)cc1. The Labute approximate surface area is 266 Å². The summed E-state index contributed by atoms with van der Waals surface area (Å²) in [4.78, 5) is 71.5. The first-order chi connectivity index (χ1) is 21.8. The lowest BCUT2D eigenvalue weighted by atomic mass is 9.78. The van der Waals surface area contributed by atoms with Gasteiger partial charge in [0.05, 0.1) is 26.2 Å². The minimum atomic E-state index is -1.33. The Morgan fingerprint density at radius 1 is 0.587 bits per heavy atom. The van der Waals surface area contributed by atoms with Crippen molar-refractivity contribution in [2.24, 2.45) is 0 Å². The van der Waals surface area contributed by atoms with Gasteiger partial charge in [-0.25, -0.2) is 28.8 Å². The Bertz CT molecular complexity index is 1410. The van der Waals surface area contributed by atoms with E-state index in [0.29, 0.717) is 11.3 Å². The first kappa shape index (κ1) is 36.9. The number of esters is 6. The second kappa shape index (κ2) is 17.9. The van der Waals surface area contributed by atoms with E-state index in [2.05, 4.69) is 22.6 Å². The molecule has 2 aromatic rings. The third-order valence-corrected chi connectivity index (χ3v) is 6.44. The Morgan fingerprint density at radius 2 is 1.07 bits per heavy atom. The van der Waals surface area contributed by atoms with Crippen LogP contribution in [0.3, 0.4) is 0 Å². The fraction of sp³-hybridized carbons (Fsp3) is 0.333. The number of carbonyl (C=O) groups is 6. The lowest BCUT2D eigenvalue weighted by Gasteiger charge is -2.33. The fourth-order valence-corrected chi connectivity index (χ4v) is 3.80. The van der Waals surface area contributed by atoms with E-state index in [1.807, 2.05) is 0 Å². The Morgan fingerprint density at radius 3 is 1.52 bits per heavy atom. The molecular weight excluding hydrogens is 604 g/mol. The normalized spacial score (nSPS) is 10.6. The van der Waals surface area contributed by atoms with Gasteiger partial charge in [-0.2, -0.15) is 0 Å². The van der Waals surface area contributed by atoms with Crippen molar-refractivity contribution in [1.29, 1.82) is 0 Å². The molecule has 13 heteroatoms. The molecule has 0 fully saturated rings. The topological polar surface area (TPSA) is 167 Å². The van der Waals surface area contributed by atoms with Crippen LogP contribution in [0.15, 0.2) is 72.8 Å². The van der Waals surface area contributed by atoms with Gasteiger partial charge in [0, 0.05) is 17.8 Å². The standard InChI is InChI=1S/C33H36O13/c1-21(2)27(34)43-18-17-42-16-15-33(19-44-31(38)29(36)40-5,20-45-32(39)30(37)41-6)25-11-7-23(8-12-25)24-9-13-26(14-10-24)46-28(35)22(3)4/h7-14H,1,3,15-20H2,2,4-6H3. The molecule has 0 radical (unpaired) electrons. The molecule has 0 atom stereocenters. The van der Waals surface area contributed by atoms with E-state index in [0.717, 1.165) is 25.3 Å². The van der Waals surface area contributed by atoms with Crippen LogP contribution in [0.25, 0.3) is 11.1 Å². The Balaban J connectivity index is 2.38. The van der Waals surface area contributed by atoms with Crippen LogP contribution in [-0.2, 0) is 62.6 Å². The first-order valence-corrected chi connectivity index (χ1v) is 13.8. The summed E-state index contributed by atoms with van der Waals surface area (Å²) in [5.41, 5.74) is 1.17. The van der Waals surface area contributed by atoms with Gasteiger partial charge in [0.2, 0.25) is 0 Å². The number of ether oxygens (including phenoxy) is 7. The van der Waals surface area contributed by atoms with Crippen LogP contribution in [0, 0.1) is 0 Å². The molecule has 0 aliphatic heterocycles.